The van der Waals surface area contributed by atoms with E-state index in [4.69, 9.17) is 0 Å². The molecule has 200 valence electrons. The van der Waals surface area contributed by atoms with Gasteiger partial charge < -0.3 is 5.11 Å². The zero-order valence-corrected chi connectivity index (χ0v) is 23.3. The molecule has 0 aromatic heterocycles. The normalized spacial score (nSPS) is 20.4. The van der Waals surface area contributed by atoms with Gasteiger partial charge in [0, 0.05) is 13.1 Å². The Morgan fingerprint density at radius 2 is 1.33 bits per heavy atom. The first kappa shape index (κ1) is 28.7. The molecule has 36 heavy (non-hydrogen) atoms. The minimum Gasteiger partial charge on any atom is -0.390 e. The summed E-state index contributed by atoms with van der Waals surface area (Å²) in [6.45, 7) is 7.27. The highest BCUT2D eigenvalue weighted by molar-refractivity contribution is 7.92. The molecule has 0 amide bonds. The Balaban J connectivity index is 1.85. The molecule has 1 fully saturated rings. The van der Waals surface area contributed by atoms with Gasteiger partial charge in [0.05, 0.1) is 33.4 Å². The maximum Gasteiger partial charge on any atom is 0.243 e. The first-order valence-electron chi connectivity index (χ1n) is 11.7. The van der Waals surface area contributed by atoms with Gasteiger partial charge in [-0.1, -0.05) is 52.0 Å². The van der Waals surface area contributed by atoms with Gasteiger partial charge in [0.15, 0.2) is 9.84 Å². The van der Waals surface area contributed by atoms with Gasteiger partial charge in [0.1, 0.15) is 0 Å². The summed E-state index contributed by atoms with van der Waals surface area (Å²) in [5.74, 6) is -0.675. The number of aliphatic hydroxyl groups excluding tert-OH is 1. The molecular formula is C24H34N2O7S3. The molecule has 1 saturated heterocycles. The Labute approximate surface area is 214 Å². The molecule has 0 aliphatic carbocycles. The zero-order valence-electron chi connectivity index (χ0n) is 20.8. The summed E-state index contributed by atoms with van der Waals surface area (Å²) in [4.78, 5) is -0.0235. The summed E-state index contributed by atoms with van der Waals surface area (Å²) in [6, 6.07) is 11.4. The third kappa shape index (κ3) is 6.53. The zero-order chi connectivity index (χ0) is 26.9. The van der Waals surface area contributed by atoms with Crippen molar-refractivity contribution in [2.24, 2.45) is 0 Å². The molecule has 3 rings (SSSR count). The molecule has 0 radical (unpaired) electrons. The molecule has 2 aromatic rings. The Morgan fingerprint density at radius 1 is 0.861 bits per heavy atom. The topological polar surface area (TPSA) is 138 Å². The number of nitrogens with zero attached hydrogens (tertiary/aromatic N) is 1. The van der Waals surface area contributed by atoms with E-state index in [9.17, 15) is 30.4 Å². The third-order valence-electron chi connectivity index (χ3n) is 6.30. The van der Waals surface area contributed by atoms with Crippen LogP contribution in [0.1, 0.15) is 50.7 Å². The fourth-order valence-corrected chi connectivity index (χ4v) is 8.69. The fraction of sp³-hybridized carbons (Fsp3) is 0.500. The maximum atomic E-state index is 13.5. The van der Waals surface area contributed by atoms with E-state index >= 15 is 0 Å². The number of rotatable bonds is 10. The van der Waals surface area contributed by atoms with Crippen molar-refractivity contribution in [1.82, 2.24) is 9.03 Å². The minimum absolute atomic E-state index is 0.0362. The Bertz CT molecular complexity index is 1370. The van der Waals surface area contributed by atoms with E-state index in [0.717, 1.165) is 15.4 Å². The molecule has 0 spiro atoms. The van der Waals surface area contributed by atoms with Crippen LogP contribution in [-0.2, 0) is 29.9 Å². The smallest absolute Gasteiger partial charge is 0.243 e. The van der Waals surface area contributed by atoms with Gasteiger partial charge in [-0.25, -0.2) is 30.0 Å². The molecule has 2 N–H and O–H groups in total. The van der Waals surface area contributed by atoms with Crippen LogP contribution >= 0.6 is 0 Å². The van der Waals surface area contributed by atoms with Crippen LogP contribution in [-0.4, -0.2) is 71.4 Å². The predicted molar refractivity (Wildman–Crippen MR) is 139 cm³/mol. The van der Waals surface area contributed by atoms with Crippen molar-refractivity contribution in [1.29, 1.82) is 0 Å². The predicted octanol–water partition coefficient (Wildman–Crippen LogP) is 2.06. The quantitative estimate of drug-likeness (QED) is 0.455. The fourth-order valence-electron chi connectivity index (χ4n) is 4.12. The van der Waals surface area contributed by atoms with Crippen molar-refractivity contribution in [2.75, 3.05) is 24.6 Å². The van der Waals surface area contributed by atoms with E-state index in [1.165, 1.54) is 24.3 Å². The number of hydrogen-bond acceptors (Lipinski definition) is 7. The van der Waals surface area contributed by atoms with Crippen LogP contribution in [0.15, 0.2) is 58.3 Å². The second kappa shape index (κ2) is 10.9. The number of hydrogen-bond donors (Lipinski definition) is 2. The molecule has 0 saturated carbocycles. The summed E-state index contributed by atoms with van der Waals surface area (Å²) in [5.41, 5.74) is 1.91. The van der Waals surface area contributed by atoms with Crippen LogP contribution in [0.3, 0.4) is 0 Å². The minimum atomic E-state index is -4.23. The molecule has 2 atom stereocenters. The van der Waals surface area contributed by atoms with E-state index in [0.29, 0.717) is 0 Å². The molecule has 0 unspecified atom stereocenters. The molecule has 1 heterocycles. The number of sulfonamides is 2. The number of benzene rings is 2. The summed E-state index contributed by atoms with van der Waals surface area (Å²) in [7, 11) is -11.8. The SMILES string of the molecule is CC(C)c1ccc(S(=O)(=O)NCCN([C@H]2CS(=O)(=O)C[C@@H]2O)S(=O)(=O)c2ccc(C(C)C)cc2)cc1. The van der Waals surface area contributed by atoms with E-state index in [1.54, 1.807) is 24.3 Å². The average molecular weight is 559 g/mol. The van der Waals surface area contributed by atoms with Gasteiger partial charge in [-0.3, -0.25) is 0 Å². The van der Waals surface area contributed by atoms with Crippen LogP contribution in [0.2, 0.25) is 0 Å². The molecule has 1 aliphatic heterocycles. The lowest BCUT2D eigenvalue weighted by Crippen LogP contribution is -2.49. The van der Waals surface area contributed by atoms with Crippen molar-refractivity contribution in [3.63, 3.8) is 0 Å². The van der Waals surface area contributed by atoms with Gasteiger partial charge >= 0.3 is 0 Å². The first-order valence-corrected chi connectivity index (χ1v) is 16.5. The van der Waals surface area contributed by atoms with Crippen molar-refractivity contribution in [3.8, 4) is 0 Å². The summed E-state index contributed by atoms with van der Waals surface area (Å²) >= 11 is 0. The largest absolute Gasteiger partial charge is 0.390 e. The van der Waals surface area contributed by atoms with Crippen LogP contribution in [0, 0.1) is 0 Å². The van der Waals surface area contributed by atoms with Crippen molar-refractivity contribution < 1.29 is 30.4 Å². The van der Waals surface area contributed by atoms with Crippen LogP contribution in [0.5, 0.6) is 0 Å². The lowest BCUT2D eigenvalue weighted by molar-refractivity contribution is 0.128. The van der Waals surface area contributed by atoms with Crippen LogP contribution in [0.4, 0.5) is 0 Å². The van der Waals surface area contributed by atoms with Gasteiger partial charge in [-0.05, 0) is 47.2 Å². The molecule has 9 nitrogen and oxygen atoms in total. The summed E-state index contributed by atoms with van der Waals surface area (Å²) < 4.78 is 80.2. The van der Waals surface area contributed by atoms with E-state index < -0.39 is 53.5 Å². The lowest BCUT2D eigenvalue weighted by Gasteiger charge is -2.29. The second-order valence-electron chi connectivity index (χ2n) is 9.67. The monoisotopic (exact) mass is 558 g/mol. The summed E-state index contributed by atoms with van der Waals surface area (Å²) in [6.07, 6.45) is -1.42. The summed E-state index contributed by atoms with van der Waals surface area (Å²) in [5, 5.41) is 10.4. The second-order valence-corrected chi connectivity index (χ2v) is 15.5. The van der Waals surface area contributed by atoms with E-state index in [-0.39, 0.29) is 34.7 Å². The van der Waals surface area contributed by atoms with Gasteiger partial charge in [-0.15, -0.1) is 0 Å². The number of nitrogens with one attached hydrogen (secondary N) is 1. The Hall–Kier alpha value is -1.83. The van der Waals surface area contributed by atoms with Crippen LogP contribution in [0.25, 0.3) is 0 Å². The molecular weight excluding hydrogens is 524 g/mol. The number of sulfone groups is 1. The molecule has 12 heteroatoms. The highest BCUT2D eigenvalue weighted by Crippen LogP contribution is 2.26. The lowest BCUT2D eigenvalue weighted by atomic mass is 10.0. The van der Waals surface area contributed by atoms with Crippen molar-refractivity contribution in [2.45, 2.75) is 61.5 Å². The molecule has 2 aromatic carbocycles. The highest BCUT2D eigenvalue weighted by Gasteiger charge is 2.44. The van der Waals surface area contributed by atoms with Crippen molar-refractivity contribution >= 4 is 29.9 Å². The standard InChI is InChI=1S/C24H34N2O7S3/c1-17(2)19-5-9-21(10-6-19)35(30,31)25-13-14-26(23-15-34(28,29)16-24(23)27)36(32,33)22-11-7-20(8-12-22)18(3)4/h5-12,17-18,23-25,27H,13-16H2,1-4H3/t23-,24-/m0/s1. The average Bonchev–Trinajstić information content (AvgIpc) is 3.08. The third-order valence-corrected chi connectivity index (χ3v) is 11.4. The van der Waals surface area contributed by atoms with E-state index in [1.807, 2.05) is 27.7 Å². The van der Waals surface area contributed by atoms with Crippen LogP contribution < -0.4 is 4.72 Å². The maximum absolute atomic E-state index is 13.5. The van der Waals surface area contributed by atoms with Crippen molar-refractivity contribution in [3.05, 3.63) is 59.7 Å². The highest BCUT2D eigenvalue weighted by atomic mass is 32.2. The van der Waals surface area contributed by atoms with Gasteiger partial charge in [0.2, 0.25) is 20.0 Å². The number of aliphatic hydroxyl groups is 1. The Kier molecular flexibility index (Phi) is 8.69. The Morgan fingerprint density at radius 3 is 1.75 bits per heavy atom. The van der Waals surface area contributed by atoms with Gasteiger partial charge in [-0.2, -0.15) is 4.31 Å². The first-order chi connectivity index (χ1) is 16.6. The molecule has 0 bridgehead atoms. The van der Waals surface area contributed by atoms with E-state index in [2.05, 4.69) is 4.72 Å². The van der Waals surface area contributed by atoms with Gasteiger partial charge in [0.25, 0.3) is 0 Å². The molecule has 1 aliphatic rings.